The Hall–Kier alpha value is -1.95. The fourth-order valence-corrected chi connectivity index (χ4v) is 2.23. The molecule has 0 bridgehead atoms. The molecular formula is C16H19BrN4O. The maximum absolute atomic E-state index is 12.0. The lowest BCUT2D eigenvalue weighted by Gasteiger charge is -2.08. The van der Waals surface area contributed by atoms with Crippen LogP contribution in [-0.2, 0) is 11.2 Å². The molecule has 0 aliphatic rings. The topological polar surface area (TPSA) is 66.9 Å². The van der Waals surface area contributed by atoms with Crippen molar-refractivity contribution in [2.24, 2.45) is 5.92 Å². The second kappa shape index (κ2) is 7.89. The number of benzene rings is 1. The summed E-state index contributed by atoms with van der Waals surface area (Å²) < 4.78 is 0.921. The summed E-state index contributed by atoms with van der Waals surface area (Å²) in [4.78, 5) is 12.0. The van der Waals surface area contributed by atoms with Crippen molar-refractivity contribution in [2.75, 3.05) is 17.2 Å². The van der Waals surface area contributed by atoms with Crippen molar-refractivity contribution in [1.82, 2.24) is 10.2 Å². The molecule has 116 valence electrons. The molecule has 22 heavy (non-hydrogen) atoms. The summed E-state index contributed by atoms with van der Waals surface area (Å²) in [5.41, 5.74) is 0.933. The van der Waals surface area contributed by atoms with Gasteiger partial charge in [-0.05, 0) is 29.7 Å². The molecule has 5 nitrogen and oxygen atoms in total. The predicted molar refractivity (Wildman–Crippen MR) is 91.8 cm³/mol. The summed E-state index contributed by atoms with van der Waals surface area (Å²) in [6.07, 6.45) is 0.288. The van der Waals surface area contributed by atoms with Gasteiger partial charge in [-0.3, -0.25) is 4.79 Å². The first kappa shape index (κ1) is 16.4. The minimum Gasteiger partial charge on any atom is -0.368 e. The van der Waals surface area contributed by atoms with Gasteiger partial charge in [0.2, 0.25) is 5.91 Å². The van der Waals surface area contributed by atoms with Gasteiger partial charge in [0.05, 0.1) is 6.42 Å². The number of carbonyl (C=O) groups is 1. The number of aromatic nitrogens is 2. The van der Waals surface area contributed by atoms with E-state index < -0.39 is 0 Å². The largest absolute Gasteiger partial charge is 0.368 e. The normalized spacial score (nSPS) is 10.5. The molecule has 0 aliphatic carbocycles. The summed E-state index contributed by atoms with van der Waals surface area (Å²) in [5.74, 6) is 1.57. The van der Waals surface area contributed by atoms with Crippen molar-refractivity contribution in [3.63, 3.8) is 0 Å². The molecule has 0 aliphatic heterocycles. The molecule has 0 radical (unpaired) electrons. The Balaban J connectivity index is 1.90. The summed E-state index contributed by atoms with van der Waals surface area (Å²) in [6.45, 7) is 5.08. The molecule has 2 rings (SSSR count). The van der Waals surface area contributed by atoms with Gasteiger partial charge in [0.25, 0.3) is 0 Å². The number of halogens is 1. The van der Waals surface area contributed by atoms with Crippen molar-refractivity contribution < 1.29 is 4.79 Å². The van der Waals surface area contributed by atoms with E-state index in [2.05, 4.69) is 50.6 Å². The van der Waals surface area contributed by atoms with Crippen LogP contribution in [0.2, 0.25) is 0 Å². The van der Waals surface area contributed by atoms with Crippen LogP contribution in [0.25, 0.3) is 0 Å². The minimum absolute atomic E-state index is 0.121. The van der Waals surface area contributed by atoms with Crippen molar-refractivity contribution >= 4 is 33.5 Å². The maximum atomic E-state index is 12.0. The predicted octanol–water partition coefficient (Wildman–Crippen LogP) is 3.49. The summed E-state index contributed by atoms with van der Waals surface area (Å²) in [5, 5.41) is 14.0. The minimum atomic E-state index is -0.121. The van der Waals surface area contributed by atoms with Gasteiger partial charge in [0.1, 0.15) is 5.82 Å². The molecular weight excluding hydrogens is 344 g/mol. The Morgan fingerprint density at radius 3 is 2.45 bits per heavy atom. The van der Waals surface area contributed by atoms with Crippen LogP contribution in [0.4, 0.5) is 11.6 Å². The molecule has 1 amide bonds. The highest BCUT2D eigenvalue weighted by Crippen LogP contribution is 2.17. The standard InChI is InChI=1S/C16H19BrN4O/c1-11(2)10-18-14-7-8-15(21-20-14)19-16(22)9-12-5-3-4-6-13(12)17/h3-8,11H,9-10H2,1-2H3,(H,18,20)(H,19,21,22). The zero-order valence-electron chi connectivity index (χ0n) is 12.6. The number of rotatable bonds is 6. The molecule has 0 atom stereocenters. The van der Waals surface area contributed by atoms with Crippen molar-refractivity contribution in [3.05, 3.63) is 46.4 Å². The second-order valence-electron chi connectivity index (χ2n) is 5.39. The molecule has 6 heteroatoms. The Morgan fingerprint density at radius 1 is 1.14 bits per heavy atom. The van der Waals surface area contributed by atoms with Gasteiger partial charge in [-0.1, -0.05) is 48.0 Å². The van der Waals surface area contributed by atoms with Gasteiger partial charge in [0, 0.05) is 11.0 Å². The van der Waals surface area contributed by atoms with E-state index >= 15 is 0 Å². The number of hydrogen-bond acceptors (Lipinski definition) is 4. The SMILES string of the molecule is CC(C)CNc1ccc(NC(=O)Cc2ccccc2Br)nn1. The number of carbonyl (C=O) groups excluding carboxylic acids is 1. The van der Waals surface area contributed by atoms with Crippen molar-refractivity contribution in [2.45, 2.75) is 20.3 Å². The number of nitrogens with one attached hydrogen (secondary N) is 2. The van der Waals surface area contributed by atoms with E-state index in [4.69, 9.17) is 0 Å². The Kier molecular flexibility index (Phi) is 5.89. The zero-order valence-corrected chi connectivity index (χ0v) is 14.2. The van der Waals surface area contributed by atoms with Crippen molar-refractivity contribution in [1.29, 1.82) is 0 Å². The third-order valence-corrected chi connectivity index (χ3v) is 3.71. The molecule has 0 unspecified atom stereocenters. The third kappa shape index (κ3) is 5.11. The van der Waals surface area contributed by atoms with Gasteiger partial charge in [-0.2, -0.15) is 0 Å². The summed E-state index contributed by atoms with van der Waals surface area (Å²) in [7, 11) is 0. The van der Waals surface area contributed by atoms with Gasteiger partial charge in [0.15, 0.2) is 5.82 Å². The molecule has 1 aromatic carbocycles. The molecule has 0 saturated heterocycles. The van der Waals surface area contributed by atoms with Gasteiger partial charge >= 0.3 is 0 Å². The quantitative estimate of drug-likeness (QED) is 0.825. The zero-order chi connectivity index (χ0) is 15.9. The van der Waals surface area contributed by atoms with Crippen LogP contribution >= 0.6 is 15.9 Å². The molecule has 1 heterocycles. The highest BCUT2D eigenvalue weighted by Gasteiger charge is 2.08. The van der Waals surface area contributed by atoms with E-state index in [1.54, 1.807) is 6.07 Å². The average Bonchev–Trinajstić information content (AvgIpc) is 2.49. The molecule has 1 aromatic heterocycles. The van der Waals surface area contributed by atoms with Crippen LogP contribution in [-0.4, -0.2) is 22.6 Å². The van der Waals surface area contributed by atoms with E-state index in [9.17, 15) is 4.79 Å². The third-order valence-electron chi connectivity index (χ3n) is 2.93. The van der Waals surface area contributed by atoms with Gasteiger partial charge < -0.3 is 10.6 Å². The Morgan fingerprint density at radius 2 is 1.82 bits per heavy atom. The monoisotopic (exact) mass is 362 g/mol. The number of amides is 1. The van der Waals surface area contributed by atoms with Gasteiger partial charge in [-0.15, -0.1) is 10.2 Å². The molecule has 0 saturated carbocycles. The van der Waals surface area contributed by atoms with E-state index in [0.717, 1.165) is 16.6 Å². The van der Waals surface area contributed by atoms with Crippen LogP contribution in [0.5, 0.6) is 0 Å². The second-order valence-corrected chi connectivity index (χ2v) is 6.25. The number of hydrogen-bond donors (Lipinski definition) is 2. The van der Waals surface area contributed by atoms with Crippen LogP contribution in [0, 0.1) is 5.92 Å². The highest BCUT2D eigenvalue weighted by molar-refractivity contribution is 9.10. The lowest BCUT2D eigenvalue weighted by Crippen LogP contribution is -2.16. The lowest BCUT2D eigenvalue weighted by atomic mass is 10.1. The number of nitrogens with zero attached hydrogens (tertiary/aromatic N) is 2. The smallest absolute Gasteiger partial charge is 0.230 e. The molecule has 2 N–H and O–H groups in total. The van der Waals surface area contributed by atoms with Crippen LogP contribution in [0.1, 0.15) is 19.4 Å². The Labute approximate surface area is 138 Å². The van der Waals surface area contributed by atoms with Gasteiger partial charge in [-0.25, -0.2) is 0 Å². The first-order chi connectivity index (χ1) is 10.5. The Bertz CT molecular complexity index is 628. The van der Waals surface area contributed by atoms with Crippen LogP contribution in [0.3, 0.4) is 0 Å². The fraction of sp³-hybridized carbons (Fsp3) is 0.312. The van der Waals surface area contributed by atoms with E-state index in [1.807, 2.05) is 30.3 Å². The summed E-state index contributed by atoms with van der Waals surface area (Å²) in [6, 6.07) is 11.2. The maximum Gasteiger partial charge on any atom is 0.230 e. The molecule has 2 aromatic rings. The number of anilines is 2. The van der Waals surface area contributed by atoms with E-state index in [0.29, 0.717) is 17.6 Å². The average molecular weight is 363 g/mol. The lowest BCUT2D eigenvalue weighted by molar-refractivity contribution is -0.115. The summed E-state index contributed by atoms with van der Waals surface area (Å²) >= 11 is 3.43. The fourth-order valence-electron chi connectivity index (χ4n) is 1.80. The highest BCUT2D eigenvalue weighted by atomic mass is 79.9. The van der Waals surface area contributed by atoms with E-state index in [-0.39, 0.29) is 12.3 Å². The van der Waals surface area contributed by atoms with Crippen molar-refractivity contribution in [3.8, 4) is 0 Å². The van der Waals surface area contributed by atoms with Crippen LogP contribution < -0.4 is 10.6 Å². The van der Waals surface area contributed by atoms with Crippen LogP contribution in [0.15, 0.2) is 40.9 Å². The molecule has 0 spiro atoms. The van der Waals surface area contributed by atoms with E-state index in [1.165, 1.54) is 0 Å². The first-order valence-electron chi connectivity index (χ1n) is 7.15. The molecule has 0 fully saturated rings. The first-order valence-corrected chi connectivity index (χ1v) is 7.94.